The zero-order chi connectivity index (χ0) is 42.3. The summed E-state index contributed by atoms with van der Waals surface area (Å²) in [5.74, 6) is -7.83. The molecule has 58 heavy (non-hydrogen) atoms. The monoisotopic (exact) mass is 827 g/mol. The maximum Gasteiger partial charge on any atom is 0.308 e. The summed E-state index contributed by atoms with van der Waals surface area (Å²) in [6, 6.07) is 7.34. The number of hydrogen-bond donors (Lipinski definition) is 7. The van der Waals surface area contributed by atoms with Crippen molar-refractivity contribution in [2.75, 3.05) is 13.7 Å². The summed E-state index contributed by atoms with van der Waals surface area (Å²) in [7, 11) is 1.12. The van der Waals surface area contributed by atoms with Crippen LogP contribution in [0.3, 0.4) is 0 Å². The predicted octanol–water partition coefficient (Wildman–Crippen LogP) is 0.000900. The third-order valence-corrected chi connectivity index (χ3v) is 13.8. The zero-order valence-corrected chi connectivity index (χ0v) is 32.1. The molecule has 3 aliphatic heterocycles. The number of fused-ring (bicyclic) bond motifs is 4. The molecule has 18 nitrogen and oxygen atoms in total. The lowest BCUT2D eigenvalue weighted by atomic mass is 9.63. The van der Waals surface area contributed by atoms with Crippen molar-refractivity contribution in [3.8, 4) is 11.5 Å². The molecule has 2 aromatic rings. The number of carbonyl (C=O) groups is 6. The van der Waals surface area contributed by atoms with Gasteiger partial charge >= 0.3 is 5.97 Å². The van der Waals surface area contributed by atoms with E-state index in [1.165, 1.54) is 38.1 Å². The lowest BCUT2D eigenvalue weighted by Gasteiger charge is -2.61. The Kier molecular flexibility index (Phi) is 10.4. The Labute approximate surface area is 333 Å². The number of phenols is 2. The van der Waals surface area contributed by atoms with Gasteiger partial charge in [-0.15, -0.1) is 11.8 Å². The van der Waals surface area contributed by atoms with Crippen LogP contribution in [0.25, 0.3) is 0 Å². The number of aliphatic hydroxyl groups is 4. The van der Waals surface area contributed by atoms with Gasteiger partial charge in [-0.2, -0.15) is 0 Å². The molecule has 310 valence electrons. The molecule has 2 saturated heterocycles. The normalized spacial score (nSPS) is 36.7. The van der Waals surface area contributed by atoms with Crippen molar-refractivity contribution in [2.24, 2.45) is 5.73 Å². The third kappa shape index (κ3) is 5.81. The van der Waals surface area contributed by atoms with E-state index >= 15 is 9.59 Å². The number of methoxy groups -OCH3 is 1. The van der Waals surface area contributed by atoms with E-state index in [2.05, 4.69) is 0 Å². The second-order valence-electron chi connectivity index (χ2n) is 15.0. The first kappa shape index (κ1) is 41.4. The van der Waals surface area contributed by atoms with Crippen molar-refractivity contribution in [1.29, 1.82) is 0 Å². The summed E-state index contributed by atoms with van der Waals surface area (Å²) in [4.78, 5) is 84.2. The van der Waals surface area contributed by atoms with Crippen molar-refractivity contribution >= 4 is 46.8 Å². The molecule has 11 atom stereocenters. The number of thioether (sulfide) groups is 1. The summed E-state index contributed by atoms with van der Waals surface area (Å²) in [5, 5.41) is 68.2. The third-order valence-electron chi connectivity index (χ3n) is 11.8. The van der Waals surface area contributed by atoms with Crippen LogP contribution >= 0.6 is 11.8 Å². The second-order valence-corrected chi connectivity index (χ2v) is 16.6. The van der Waals surface area contributed by atoms with E-state index in [0.29, 0.717) is 11.8 Å². The molecular weight excluding hydrogens is 786 g/mol. The lowest BCUT2D eigenvalue weighted by Crippen LogP contribution is -2.79. The Morgan fingerprint density at radius 1 is 0.828 bits per heavy atom. The minimum Gasteiger partial charge on any atom is -0.507 e. The fourth-order valence-electron chi connectivity index (χ4n) is 8.93. The summed E-state index contributed by atoms with van der Waals surface area (Å²) in [5.41, 5.74) is -2.28. The van der Waals surface area contributed by atoms with Crippen molar-refractivity contribution in [3.05, 3.63) is 70.5 Å². The van der Waals surface area contributed by atoms with Gasteiger partial charge in [0.15, 0.2) is 28.5 Å². The fourth-order valence-corrected chi connectivity index (χ4v) is 11.3. The first-order valence-corrected chi connectivity index (χ1v) is 19.1. The molecule has 2 aliphatic carbocycles. The number of hydrogen-bond acceptors (Lipinski definition) is 18. The van der Waals surface area contributed by atoms with Gasteiger partial charge in [-0.25, -0.2) is 0 Å². The average Bonchev–Trinajstić information content (AvgIpc) is 3.17. The van der Waals surface area contributed by atoms with E-state index in [0.717, 1.165) is 25.3 Å². The molecule has 0 spiro atoms. The van der Waals surface area contributed by atoms with Gasteiger partial charge in [0.05, 0.1) is 55.7 Å². The van der Waals surface area contributed by atoms with Gasteiger partial charge in [-0.3, -0.25) is 28.8 Å². The number of rotatable bonds is 9. The van der Waals surface area contributed by atoms with E-state index in [9.17, 15) is 49.8 Å². The van der Waals surface area contributed by atoms with Crippen LogP contribution in [-0.4, -0.2) is 143 Å². The molecule has 3 heterocycles. The number of benzene rings is 2. The second kappa shape index (κ2) is 14.5. The van der Waals surface area contributed by atoms with E-state index in [4.69, 9.17) is 29.4 Å². The van der Waals surface area contributed by atoms with Crippen LogP contribution in [-0.2, 0) is 33.3 Å². The zero-order valence-electron chi connectivity index (χ0n) is 31.3. The largest absolute Gasteiger partial charge is 0.507 e. The molecule has 2 aromatic carbocycles. The van der Waals surface area contributed by atoms with Gasteiger partial charge in [-0.05, 0) is 51.3 Å². The minimum absolute atomic E-state index is 0.180. The maximum absolute atomic E-state index is 15.3. The van der Waals surface area contributed by atoms with Crippen molar-refractivity contribution in [3.63, 3.8) is 0 Å². The van der Waals surface area contributed by atoms with Crippen LogP contribution in [0.1, 0.15) is 81.0 Å². The van der Waals surface area contributed by atoms with Gasteiger partial charge in [0, 0.05) is 11.1 Å². The molecule has 1 amide bonds. The number of esters is 1. The summed E-state index contributed by atoms with van der Waals surface area (Å²) < 4.78 is 23.0. The van der Waals surface area contributed by atoms with Crippen molar-refractivity contribution in [2.45, 2.75) is 103 Å². The number of carbonyl (C=O) groups excluding carboxylic acids is 6. The van der Waals surface area contributed by atoms with E-state index in [-0.39, 0.29) is 24.2 Å². The minimum atomic E-state index is -2.91. The Balaban J connectivity index is 1.37. The van der Waals surface area contributed by atoms with Gasteiger partial charge in [0.25, 0.3) is 5.91 Å². The van der Waals surface area contributed by atoms with Crippen molar-refractivity contribution in [1.82, 2.24) is 0 Å². The quantitative estimate of drug-likeness (QED) is 0.164. The SMILES string of the molecule is COC(=O)CC1CC2(SC34CC(CCOC5OC(C(N)=O)=CC(O)C5O)OC(C)C3(O)C(=O)c3c(O)cccc3C4=O)C(=O)c3cccc(O)c3C(=O)C2(O)C(C)O1. The molecule has 2 fully saturated rings. The topological polar surface area (TPSA) is 296 Å². The predicted molar refractivity (Wildman–Crippen MR) is 196 cm³/mol. The summed E-state index contributed by atoms with van der Waals surface area (Å²) in [6.07, 6.45) is -11.4. The molecule has 5 aliphatic rings. The number of aromatic hydroxyl groups is 2. The number of ether oxygens (including phenoxy) is 5. The molecule has 8 N–H and O–H groups in total. The average molecular weight is 828 g/mol. The molecule has 0 radical (unpaired) electrons. The fraction of sp³-hybridized carbons (Fsp3) is 0.487. The van der Waals surface area contributed by atoms with Crippen LogP contribution in [0.4, 0.5) is 0 Å². The first-order valence-electron chi connectivity index (χ1n) is 18.3. The highest BCUT2D eigenvalue weighted by molar-refractivity contribution is 8.03. The molecule has 0 saturated carbocycles. The first-order chi connectivity index (χ1) is 27.3. The van der Waals surface area contributed by atoms with Crippen LogP contribution in [0.2, 0.25) is 0 Å². The van der Waals surface area contributed by atoms with Gasteiger partial charge < -0.3 is 60.1 Å². The van der Waals surface area contributed by atoms with Crippen LogP contribution in [0, 0.1) is 0 Å². The van der Waals surface area contributed by atoms with Gasteiger partial charge in [-0.1, -0.05) is 24.3 Å². The summed E-state index contributed by atoms with van der Waals surface area (Å²) >= 11 is 0.366. The van der Waals surface area contributed by atoms with Gasteiger partial charge in [0.1, 0.15) is 33.2 Å². The highest BCUT2D eigenvalue weighted by Crippen LogP contribution is 2.64. The maximum atomic E-state index is 15.3. The Morgan fingerprint density at radius 3 is 1.83 bits per heavy atom. The molecular formula is C39H41NO17S. The number of ketones is 4. The van der Waals surface area contributed by atoms with Crippen molar-refractivity contribution < 1.29 is 83.1 Å². The highest BCUT2D eigenvalue weighted by Gasteiger charge is 2.78. The van der Waals surface area contributed by atoms with Crippen LogP contribution in [0.5, 0.6) is 11.5 Å². The number of aliphatic hydroxyl groups excluding tert-OH is 2. The number of Topliss-reactive ketones (excluding diaryl/α,β-unsaturated/α-hetero) is 4. The number of amides is 1. The van der Waals surface area contributed by atoms with E-state index in [1.54, 1.807) is 0 Å². The number of primary amides is 1. The van der Waals surface area contributed by atoms with Gasteiger partial charge in [0.2, 0.25) is 17.9 Å². The standard InChI is InChI=1S/C39H41NO17S/c1-16-38(51)32(48)27-20(6-4-8-22(27)41)30(46)36(38,14-18(55-16)10-11-54-35-29(45)24(43)13-25(57-35)34(40)50)58-37-15-19(12-26(44)53-3)56-17(2)39(37,52)33(49)28-21(31(37)47)7-5-9-23(28)42/h4-9,13,16-19,24,29,35,41-43,45,51-52H,10-12,14-15H2,1-3H3,(H2,40,50). The van der Waals surface area contributed by atoms with E-state index in [1.807, 2.05) is 0 Å². The molecule has 0 bridgehead atoms. The molecule has 11 unspecified atom stereocenters. The number of nitrogens with two attached hydrogens (primary N) is 1. The smallest absolute Gasteiger partial charge is 0.308 e. The Bertz CT molecular complexity index is 2160. The van der Waals surface area contributed by atoms with E-state index < -0.39 is 146 Å². The molecule has 0 aromatic heterocycles. The summed E-state index contributed by atoms with van der Waals surface area (Å²) in [6.45, 7) is 2.19. The molecule has 19 heteroatoms. The highest BCUT2D eigenvalue weighted by atomic mass is 32.2. The van der Waals surface area contributed by atoms with Crippen LogP contribution < -0.4 is 5.73 Å². The van der Waals surface area contributed by atoms with Crippen LogP contribution in [0.15, 0.2) is 48.2 Å². The Hall–Kier alpha value is -4.73. The Morgan fingerprint density at radius 2 is 1.33 bits per heavy atom. The lowest BCUT2D eigenvalue weighted by molar-refractivity contribution is -0.211. The molecule has 7 rings (SSSR count). The number of phenolic OH excluding ortho intramolecular Hbond substituents is 2.